The lowest BCUT2D eigenvalue weighted by Gasteiger charge is -2.36. The molecule has 1 N–H and O–H groups in total. The lowest BCUT2D eigenvalue weighted by molar-refractivity contribution is -0.111. The van der Waals surface area contributed by atoms with E-state index >= 15 is 0 Å². The highest BCUT2D eigenvalue weighted by Crippen LogP contribution is 2.23. The first-order valence-corrected chi connectivity index (χ1v) is 12.0. The van der Waals surface area contributed by atoms with E-state index in [-0.39, 0.29) is 5.91 Å². The zero-order valence-corrected chi connectivity index (χ0v) is 19.2. The van der Waals surface area contributed by atoms with Gasteiger partial charge in [-0.25, -0.2) is 4.98 Å². The highest BCUT2D eigenvalue weighted by atomic mass is 32.1. The molecule has 0 bridgehead atoms. The van der Waals surface area contributed by atoms with Crippen LogP contribution in [0.25, 0.3) is 16.3 Å². The van der Waals surface area contributed by atoms with Crippen molar-refractivity contribution < 1.29 is 4.79 Å². The molecule has 1 fully saturated rings. The summed E-state index contributed by atoms with van der Waals surface area (Å²) in [6.07, 6.45) is 3.31. The van der Waals surface area contributed by atoms with Crippen LogP contribution in [-0.4, -0.2) is 42.0 Å². The van der Waals surface area contributed by atoms with E-state index in [1.54, 1.807) is 17.4 Å². The lowest BCUT2D eigenvalue weighted by Crippen LogP contribution is -2.45. The molecule has 1 aromatic heterocycles. The highest BCUT2D eigenvalue weighted by Gasteiger charge is 2.17. The van der Waals surface area contributed by atoms with Crippen LogP contribution in [0, 0.1) is 0 Å². The normalized spacial score (nSPS) is 14.7. The van der Waals surface area contributed by atoms with Gasteiger partial charge in [0.2, 0.25) is 5.91 Å². The summed E-state index contributed by atoms with van der Waals surface area (Å²) in [5.74, 6) is -0.156. The van der Waals surface area contributed by atoms with E-state index in [4.69, 9.17) is 0 Å². The van der Waals surface area contributed by atoms with Crippen molar-refractivity contribution in [3.8, 4) is 0 Å². The maximum atomic E-state index is 12.3. The predicted octanol–water partition coefficient (Wildman–Crippen LogP) is 5.27. The third-order valence-corrected chi connectivity index (χ3v) is 6.81. The number of rotatable bonds is 6. The van der Waals surface area contributed by atoms with Crippen molar-refractivity contribution in [3.63, 3.8) is 0 Å². The summed E-state index contributed by atoms with van der Waals surface area (Å²) in [4.78, 5) is 21.8. The number of para-hydroxylation sites is 1. The monoisotopic (exact) mass is 454 g/mol. The number of aromatic nitrogens is 1. The van der Waals surface area contributed by atoms with Crippen molar-refractivity contribution in [1.82, 2.24) is 9.88 Å². The Morgan fingerprint density at radius 2 is 1.64 bits per heavy atom. The number of hydrogen-bond donors (Lipinski definition) is 1. The molecule has 0 saturated carbocycles. The molecule has 0 atom stereocenters. The number of carbonyl (C=O) groups is 1. The average molecular weight is 455 g/mol. The van der Waals surface area contributed by atoms with Gasteiger partial charge in [0.05, 0.1) is 10.2 Å². The molecule has 0 spiro atoms. The fourth-order valence-electron chi connectivity index (χ4n) is 4.05. The second kappa shape index (κ2) is 9.98. The van der Waals surface area contributed by atoms with E-state index in [0.717, 1.165) is 53.6 Å². The summed E-state index contributed by atoms with van der Waals surface area (Å²) >= 11 is 1.58. The molecular formula is C27H26N4OS. The van der Waals surface area contributed by atoms with Crippen LogP contribution in [0.5, 0.6) is 0 Å². The molecule has 6 heteroatoms. The van der Waals surface area contributed by atoms with Gasteiger partial charge in [-0.1, -0.05) is 42.5 Å². The maximum Gasteiger partial charge on any atom is 0.248 e. The summed E-state index contributed by atoms with van der Waals surface area (Å²) in [5, 5.41) is 3.76. The first kappa shape index (κ1) is 21.4. The van der Waals surface area contributed by atoms with Crippen molar-refractivity contribution in [1.29, 1.82) is 0 Å². The van der Waals surface area contributed by atoms with Crippen molar-refractivity contribution in [3.05, 3.63) is 95.5 Å². The molecule has 5 rings (SSSR count). The SMILES string of the molecule is O=C(/C=C/c1nc2ccccc2s1)Nc1ccc(N2CCN(Cc3ccccc3)CC2)cc1. The Morgan fingerprint density at radius 1 is 0.909 bits per heavy atom. The molecule has 2 heterocycles. The zero-order valence-electron chi connectivity index (χ0n) is 18.4. The number of carbonyl (C=O) groups excluding carboxylic acids is 1. The number of piperazine rings is 1. The summed E-state index contributed by atoms with van der Waals surface area (Å²) in [7, 11) is 0. The molecule has 1 aliphatic heterocycles. The Hall–Kier alpha value is -3.48. The molecule has 1 saturated heterocycles. The molecule has 5 nitrogen and oxygen atoms in total. The Morgan fingerprint density at radius 3 is 2.39 bits per heavy atom. The van der Waals surface area contributed by atoms with E-state index in [2.05, 4.69) is 62.6 Å². The quantitative estimate of drug-likeness (QED) is 0.403. The molecule has 0 unspecified atom stereocenters. The first-order chi connectivity index (χ1) is 16.2. The number of hydrogen-bond acceptors (Lipinski definition) is 5. The summed E-state index contributed by atoms with van der Waals surface area (Å²) < 4.78 is 1.12. The molecule has 166 valence electrons. The number of fused-ring (bicyclic) bond motifs is 1. The van der Waals surface area contributed by atoms with Gasteiger partial charge in [-0.15, -0.1) is 11.3 Å². The molecule has 4 aromatic rings. The molecular weight excluding hydrogens is 428 g/mol. The van der Waals surface area contributed by atoms with Gasteiger partial charge in [0.15, 0.2) is 0 Å². The number of nitrogens with one attached hydrogen (secondary N) is 1. The number of anilines is 2. The third kappa shape index (κ3) is 5.48. The van der Waals surface area contributed by atoms with E-state index in [1.807, 2.05) is 36.4 Å². The number of amides is 1. The van der Waals surface area contributed by atoms with Crippen LogP contribution >= 0.6 is 11.3 Å². The van der Waals surface area contributed by atoms with Gasteiger partial charge >= 0.3 is 0 Å². The standard InChI is InChI=1S/C27H26N4OS/c32-26(14-15-27-29-24-8-4-5-9-25(24)33-27)28-22-10-12-23(13-11-22)31-18-16-30(17-19-31)20-21-6-2-1-3-7-21/h1-15H,16-20H2,(H,28,32)/b15-14+. The van der Waals surface area contributed by atoms with Crippen LogP contribution in [0.2, 0.25) is 0 Å². The van der Waals surface area contributed by atoms with Crippen LogP contribution in [0.3, 0.4) is 0 Å². The van der Waals surface area contributed by atoms with Gasteiger partial charge in [-0.3, -0.25) is 9.69 Å². The van der Waals surface area contributed by atoms with Gasteiger partial charge in [0.25, 0.3) is 0 Å². The second-order valence-electron chi connectivity index (χ2n) is 8.14. The van der Waals surface area contributed by atoms with Gasteiger partial charge in [0, 0.05) is 50.2 Å². The number of thiazole rings is 1. The van der Waals surface area contributed by atoms with Gasteiger partial charge < -0.3 is 10.2 Å². The van der Waals surface area contributed by atoms with E-state index in [1.165, 1.54) is 17.3 Å². The van der Waals surface area contributed by atoms with E-state index < -0.39 is 0 Å². The first-order valence-electron chi connectivity index (χ1n) is 11.2. The minimum Gasteiger partial charge on any atom is -0.369 e. The molecule has 3 aromatic carbocycles. The lowest BCUT2D eigenvalue weighted by atomic mass is 10.2. The zero-order chi connectivity index (χ0) is 22.5. The maximum absolute atomic E-state index is 12.3. The van der Waals surface area contributed by atoms with Crippen LogP contribution in [0.4, 0.5) is 11.4 Å². The predicted molar refractivity (Wildman–Crippen MR) is 138 cm³/mol. The summed E-state index contributed by atoms with van der Waals surface area (Å²) in [6.45, 7) is 5.10. The number of benzene rings is 3. The Bertz CT molecular complexity index is 1210. The second-order valence-corrected chi connectivity index (χ2v) is 9.20. The van der Waals surface area contributed by atoms with E-state index in [9.17, 15) is 4.79 Å². The van der Waals surface area contributed by atoms with Gasteiger partial charge in [-0.2, -0.15) is 0 Å². The number of nitrogens with zero attached hydrogens (tertiary/aromatic N) is 3. The highest BCUT2D eigenvalue weighted by molar-refractivity contribution is 7.19. The molecule has 0 aliphatic carbocycles. The smallest absolute Gasteiger partial charge is 0.248 e. The minimum absolute atomic E-state index is 0.156. The van der Waals surface area contributed by atoms with Crippen molar-refractivity contribution in [2.45, 2.75) is 6.54 Å². The fraction of sp³-hybridized carbons (Fsp3) is 0.185. The van der Waals surface area contributed by atoms with E-state index in [0.29, 0.717) is 0 Å². The average Bonchev–Trinajstić information content (AvgIpc) is 3.28. The summed E-state index contributed by atoms with van der Waals surface area (Å²) in [6, 6.07) is 26.7. The van der Waals surface area contributed by atoms with Crippen LogP contribution < -0.4 is 10.2 Å². The minimum atomic E-state index is -0.156. The van der Waals surface area contributed by atoms with Crippen molar-refractivity contribution >= 4 is 44.9 Å². The largest absolute Gasteiger partial charge is 0.369 e. The van der Waals surface area contributed by atoms with Crippen molar-refractivity contribution in [2.24, 2.45) is 0 Å². The third-order valence-electron chi connectivity index (χ3n) is 5.81. The summed E-state index contributed by atoms with van der Waals surface area (Å²) in [5.41, 5.74) is 4.31. The Balaban J connectivity index is 1.12. The Labute approximate surface area is 198 Å². The Kier molecular flexibility index (Phi) is 6.46. The molecule has 0 radical (unpaired) electrons. The van der Waals surface area contributed by atoms with Crippen LogP contribution in [0.15, 0.2) is 84.9 Å². The topological polar surface area (TPSA) is 48.5 Å². The molecule has 1 aliphatic rings. The van der Waals surface area contributed by atoms with Gasteiger partial charge in [-0.05, 0) is 48.0 Å². The molecule has 1 amide bonds. The van der Waals surface area contributed by atoms with Gasteiger partial charge in [0.1, 0.15) is 5.01 Å². The van der Waals surface area contributed by atoms with Crippen LogP contribution in [0.1, 0.15) is 10.6 Å². The molecule has 33 heavy (non-hydrogen) atoms. The fourth-order valence-corrected chi connectivity index (χ4v) is 4.92. The van der Waals surface area contributed by atoms with Crippen LogP contribution in [-0.2, 0) is 11.3 Å². The van der Waals surface area contributed by atoms with Crippen molar-refractivity contribution in [2.75, 3.05) is 36.4 Å².